The zero-order valence-corrected chi connectivity index (χ0v) is 35.3. The first kappa shape index (κ1) is 50.8. The molecule has 3 N–H and O–H groups in total. The van der Waals surface area contributed by atoms with Gasteiger partial charge in [0.2, 0.25) is 5.91 Å². The summed E-state index contributed by atoms with van der Waals surface area (Å²) >= 11 is 0. The summed E-state index contributed by atoms with van der Waals surface area (Å²) in [7, 11) is -4.34. The van der Waals surface area contributed by atoms with Crippen LogP contribution < -0.4 is 5.32 Å². The number of allylic oxidation sites excluding steroid dienone is 3. The van der Waals surface area contributed by atoms with Crippen LogP contribution in [0.15, 0.2) is 24.3 Å². The van der Waals surface area contributed by atoms with Crippen LogP contribution in [0.5, 0.6) is 0 Å². The molecule has 0 aliphatic heterocycles. The van der Waals surface area contributed by atoms with E-state index < -0.39 is 28.0 Å². The summed E-state index contributed by atoms with van der Waals surface area (Å²) in [5.41, 5.74) is 0. The van der Waals surface area contributed by atoms with E-state index in [0.29, 0.717) is 6.42 Å². The van der Waals surface area contributed by atoms with Gasteiger partial charge in [0.25, 0.3) is 10.1 Å². The van der Waals surface area contributed by atoms with Gasteiger partial charge in [-0.1, -0.05) is 212 Å². The molecule has 0 aliphatic rings. The van der Waals surface area contributed by atoms with E-state index in [2.05, 4.69) is 31.3 Å². The van der Waals surface area contributed by atoms with Crippen molar-refractivity contribution in [2.24, 2.45) is 0 Å². The van der Waals surface area contributed by atoms with Crippen LogP contribution in [0.25, 0.3) is 0 Å². The summed E-state index contributed by atoms with van der Waals surface area (Å²) in [4.78, 5) is 12.5. The number of aliphatic hydroxyl groups is 1. The van der Waals surface area contributed by atoms with Crippen molar-refractivity contribution in [2.45, 2.75) is 251 Å². The molecule has 6 nitrogen and oxygen atoms in total. The number of carbonyl (C=O) groups is 1. The summed E-state index contributed by atoms with van der Waals surface area (Å²) in [6.07, 6.45) is 50.3. The molecule has 0 saturated heterocycles. The Hall–Kier alpha value is -1.18. The quantitative estimate of drug-likeness (QED) is 0.0328. The van der Waals surface area contributed by atoms with Crippen molar-refractivity contribution in [1.29, 1.82) is 0 Å². The first-order valence-corrected chi connectivity index (χ1v) is 24.1. The topological polar surface area (TPSA) is 104 Å². The predicted octanol–water partition coefficient (Wildman–Crippen LogP) is 13.5. The van der Waals surface area contributed by atoms with E-state index in [-0.39, 0.29) is 5.91 Å². The molecule has 0 heterocycles. The molecule has 0 saturated carbocycles. The van der Waals surface area contributed by atoms with Gasteiger partial charge in [0.05, 0.1) is 17.9 Å². The maximum atomic E-state index is 12.5. The van der Waals surface area contributed by atoms with E-state index in [0.717, 1.165) is 38.5 Å². The maximum Gasteiger partial charge on any atom is 0.267 e. The molecule has 0 fully saturated rings. The first-order valence-electron chi connectivity index (χ1n) is 22.5. The van der Waals surface area contributed by atoms with Gasteiger partial charge in [-0.25, -0.2) is 0 Å². The Morgan fingerprint density at radius 3 is 1.15 bits per heavy atom. The largest absolute Gasteiger partial charge is 0.387 e. The predicted molar refractivity (Wildman–Crippen MR) is 226 cm³/mol. The zero-order chi connectivity index (χ0) is 38.2. The van der Waals surface area contributed by atoms with Gasteiger partial charge in [0, 0.05) is 6.42 Å². The van der Waals surface area contributed by atoms with Crippen LogP contribution in [0.3, 0.4) is 0 Å². The van der Waals surface area contributed by atoms with Gasteiger partial charge in [-0.15, -0.1) is 0 Å². The number of rotatable bonds is 41. The second kappa shape index (κ2) is 39.5. The number of nitrogens with one attached hydrogen (secondary N) is 1. The average Bonchev–Trinajstić information content (AvgIpc) is 3.11. The van der Waals surface area contributed by atoms with Crippen LogP contribution >= 0.6 is 0 Å². The van der Waals surface area contributed by atoms with Gasteiger partial charge in [0.15, 0.2) is 0 Å². The molecule has 308 valence electrons. The van der Waals surface area contributed by atoms with E-state index in [9.17, 15) is 22.9 Å². The minimum Gasteiger partial charge on any atom is -0.387 e. The molecule has 1 amide bonds. The maximum absolute atomic E-state index is 12.5. The van der Waals surface area contributed by atoms with Crippen molar-refractivity contribution in [2.75, 3.05) is 5.75 Å². The lowest BCUT2D eigenvalue weighted by Gasteiger charge is -2.21. The molecule has 7 heteroatoms. The third-order valence-electron chi connectivity index (χ3n) is 10.4. The number of aliphatic hydroxyl groups excluding tert-OH is 1. The highest BCUT2D eigenvalue weighted by Gasteiger charge is 2.24. The van der Waals surface area contributed by atoms with Crippen molar-refractivity contribution >= 4 is 16.0 Å². The minimum absolute atomic E-state index is 0.277. The van der Waals surface area contributed by atoms with Gasteiger partial charge in [-0.2, -0.15) is 8.42 Å². The summed E-state index contributed by atoms with van der Waals surface area (Å²) in [6, 6.07) is -1.05. The molecule has 52 heavy (non-hydrogen) atoms. The SMILES string of the molecule is CCCCCCCCCC/C=C\CCCCCCCCCCCCCC(=O)NC(CS(=O)(=O)O)C(O)/C=C/CCCCCCCCCCCCCC. The van der Waals surface area contributed by atoms with Crippen LogP contribution in [0.4, 0.5) is 0 Å². The fourth-order valence-corrected chi connectivity index (χ4v) is 7.71. The van der Waals surface area contributed by atoms with Gasteiger partial charge < -0.3 is 10.4 Å². The molecule has 0 aromatic carbocycles. The molecular weight excluding hydrogens is 667 g/mol. The molecular formula is C45H87NO5S. The van der Waals surface area contributed by atoms with Crippen LogP contribution in [-0.4, -0.2) is 41.9 Å². The second-order valence-corrected chi connectivity index (χ2v) is 17.2. The van der Waals surface area contributed by atoms with Crippen LogP contribution in [0, 0.1) is 0 Å². The Labute approximate surface area is 324 Å². The van der Waals surface area contributed by atoms with Crippen molar-refractivity contribution in [3.8, 4) is 0 Å². The minimum atomic E-state index is -4.34. The molecule has 0 aliphatic carbocycles. The van der Waals surface area contributed by atoms with E-state index in [1.807, 2.05) is 6.08 Å². The molecule has 0 spiro atoms. The molecule has 0 radical (unpaired) electrons. The molecule has 2 atom stereocenters. The van der Waals surface area contributed by atoms with Gasteiger partial charge in [0.1, 0.15) is 0 Å². The smallest absolute Gasteiger partial charge is 0.267 e. The fraction of sp³-hybridized carbons (Fsp3) is 0.889. The van der Waals surface area contributed by atoms with E-state index in [4.69, 9.17) is 0 Å². The highest BCUT2D eigenvalue weighted by atomic mass is 32.2. The average molecular weight is 754 g/mol. The van der Waals surface area contributed by atoms with Crippen LogP contribution in [-0.2, 0) is 14.9 Å². The lowest BCUT2D eigenvalue weighted by Crippen LogP contribution is -2.46. The fourth-order valence-electron chi connectivity index (χ4n) is 6.97. The zero-order valence-electron chi connectivity index (χ0n) is 34.4. The molecule has 0 bridgehead atoms. The second-order valence-electron chi connectivity index (χ2n) is 15.7. The van der Waals surface area contributed by atoms with E-state index in [1.165, 1.54) is 180 Å². The highest BCUT2D eigenvalue weighted by Crippen LogP contribution is 2.15. The molecule has 0 rings (SSSR count). The van der Waals surface area contributed by atoms with E-state index in [1.54, 1.807) is 6.08 Å². The normalized spacial score (nSPS) is 13.4. The number of hydrogen-bond acceptors (Lipinski definition) is 4. The number of unbranched alkanes of at least 4 members (excludes halogenated alkanes) is 31. The molecule has 2 unspecified atom stereocenters. The van der Waals surface area contributed by atoms with Gasteiger partial charge >= 0.3 is 0 Å². The number of hydrogen-bond donors (Lipinski definition) is 3. The van der Waals surface area contributed by atoms with Crippen LogP contribution in [0.1, 0.15) is 239 Å². The first-order chi connectivity index (χ1) is 25.3. The third-order valence-corrected chi connectivity index (χ3v) is 11.2. The molecule has 0 aromatic rings. The Morgan fingerprint density at radius 2 is 0.808 bits per heavy atom. The highest BCUT2D eigenvalue weighted by molar-refractivity contribution is 7.85. The Balaban J connectivity index is 3.81. The Kier molecular flexibility index (Phi) is 38.6. The lowest BCUT2D eigenvalue weighted by molar-refractivity contribution is -0.122. The van der Waals surface area contributed by atoms with Crippen molar-refractivity contribution in [3.63, 3.8) is 0 Å². The van der Waals surface area contributed by atoms with Crippen molar-refractivity contribution in [3.05, 3.63) is 24.3 Å². The van der Waals surface area contributed by atoms with Crippen LogP contribution in [0.2, 0.25) is 0 Å². The van der Waals surface area contributed by atoms with Crippen molar-refractivity contribution < 1.29 is 22.9 Å². The summed E-state index contributed by atoms with van der Waals surface area (Å²) in [5.74, 6) is -0.972. The summed E-state index contributed by atoms with van der Waals surface area (Å²) < 4.78 is 32.5. The summed E-state index contributed by atoms with van der Waals surface area (Å²) in [5, 5.41) is 13.2. The third kappa shape index (κ3) is 40.0. The Morgan fingerprint density at radius 1 is 0.500 bits per heavy atom. The van der Waals surface area contributed by atoms with Gasteiger partial charge in [-0.05, 0) is 44.9 Å². The number of amides is 1. The van der Waals surface area contributed by atoms with Crippen molar-refractivity contribution in [1.82, 2.24) is 5.32 Å². The Bertz CT molecular complexity index is 919. The van der Waals surface area contributed by atoms with E-state index >= 15 is 0 Å². The molecule has 0 aromatic heterocycles. The standard InChI is InChI=1S/C45H87NO5S/c1-3-5-7-9-11-13-15-17-19-20-21-22-23-24-25-26-27-29-31-33-35-37-39-41-45(48)46-43(42-52(49,50)51)44(47)40-38-36-34-32-30-28-18-16-14-12-10-8-6-4-2/h20-21,38,40,43-44,47H,3-19,22-37,39,41-42H2,1-2H3,(H,46,48)(H,49,50,51)/b21-20-,40-38+. The monoisotopic (exact) mass is 754 g/mol. The summed E-state index contributed by atoms with van der Waals surface area (Å²) in [6.45, 7) is 4.53. The number of carbonyl (C=O) groups excluding carboxylic acids is 1. The lowest BCUT2D eigenvalue weighted by atomic mass is 10.0. The van der Waals surface area contributed by atoms with Gasteiger partial charge in [-0.3, -0.25) is 9.35 Å².